The van der Waals surface area contributed by atoms with Crippen LogP contribution in [0.1, 0.15) is 34.1 Å². The van der Waals surface area contributed by atoms with Gasteiger partial charge in [-0.2, -0.15) is 0 Å². The van der Waals surface area contributed by atoms with Gasteiger partial charge in [0.25, 0.3) is 5.91 Å². The van der Waals surface area contributed by atoms with Crippen molar-refractivity contribution in [3.63, 3.8) is 0 Å². The molecule has 1 unspecified atom stereocenters. The van der Waals surface area contributed by atoms with Crippen molar-refractivity contribution in [1.82, 2.24) is 4.90 Å². The van der Waals surface area contributed by atoms with Crippen LogP contribution in [0.5, 0.6) is 11.5 Å². The molecule has 25 heavy (non-hydrogen) atoms. The van der Waals surface area contributed by atoms with Gasteiger partial charge in [0.15, 0.2) is 11.5 Å². The van der Waals surface area contributed by atoms with Crippen molar-refractivity contribution in [1.29, 1.82) is 0 Å². The van der Waals surface area contributed by atoms with Gasteiger partial charge >= 0.3 is 5.00 Å². The molecule has 0 saturated carbocycles. The molecule has 3 heterocycles. The Morgan fingerprint density at radius 3 is 2.76 bits per heavy atom. The van der Waals surface area contributed by atoms with Crippen LogP contribution >= 0.6 is 11.3 Å². The molecule has 7 nitrogen and oxygen atoms in total. The predicted molar refractivity (Wildman–Crippen MR) is 91.4 cm³/mol. The number of likely N-dealkylation sites (tertiary alicyclic amines) is 1. The first-order valence-corrected chi connectivity index (χ1v) is 8.90. The van der Waals surface area contributed by atoms with Crippen molar-refractivity contribution in [3.8, 4) is 11.5 Å². The van der Waals surface area contributed by atoms with E-state index in [2.05, 4.69) is 0 Å². The molecule has 2 aromatic rings. The number of nitro groups is 1. The third-order valence-corrected chi connectivity index (χ3v) is 5.47. The molecule has 8 heteroatoms. The van der Waals surface area contributed by atoms with Gasteiger partial charge in [0, 0.05) is 12.6 Å². The van der Waals surface area contributed by atoms with Crippen LogP contribution in [0.2, 0.25) is 0 Å². The molecule has 130 valence electrons. The molecular formula is C17H16N2O5S. The second-order valence-corrected chi connectivity index (χ2v) is 7.02. The summed E-state index contributed by atoms with van der Waals surface area (Å²) in [4.78, 5) is 25.4. The molecule has 1 atom stereocenters. The lowest BCUT2D eigenvalue weighted by Gasteiger charge is -2.26. The van der Waals surface area contributed by atoms with Crippen LogP contribution in [0.25, 0.3) is 0 Å². The van der Waals surface area contributed by atoms with E-state index in [1.54, 1.807) is 4.90 Å². The molecule has 1 aromatic heterocycles. The smallest absolute Gasteiger partial charge is 0.324 e. The SMILES string of the molecule is O=C(c1ccc([N+](=O)[O-])s1)N1CCCC1c1ccc2c(c1)OCCO2. The minimum Gasteiger partial charge on any atom is -0.486 e. The van der Waals surface area contributed by atoms with E-state index in [1.165, 1.54) is 12.1 Å². The van der Waals surface area contributed by atoms with Gasteiger partial charge in [-0.15, -0.1) is 0 Å². The Bertz CT molecular complexity index is 834. The molecule has 2 aliphatic rings. The van der Waals surface area contributed by atoms with E-state index in [0.29, 0.717) is 30.4 Å². The second kappa shape index (κ2) is 6.36. The van der Waals surface area contributed by atoms with Crippen LogP contribution in [-0.2, 0) is 0 Å². The van der Waals surface area contributed by atoms with Crippen molar-refractivity contribution in [2.45, 2.75) is 18.9 Å². The van der Waals surface area contributed by atoms with Gasteiger partial charge in [-0.1, -0.05) is 17.4 Å². The second-order valence-electron chi connectivity index (χ2n) is 5.95. The number of rotatable bonds is 3. The van der Waals surface area contributed by atoms with Gasteiger partial charge in [-0.25, -0.2) is 0 Å². The number of fused-ring (bicyclic) bond motifs is 1. The number of nitrogens with zero attached hydrogens (tertiary/aromatic N) is 2. The molecule has 4 rings (SSSR count). The zero-order chi connectivity index (χ0) is 17.4. The maximum absolute atomic E-state index is 12.8. The largest absolute Gasteiger partial charge is 0.486 e. The van der Waals surface area contributed by atoms with E-state index in [9.17, 15) is 14.9 Å². The van der Waals surface area contributed by atoms with Crippen molar-refractivity contribution < 1.29 is 19.2 Å². The van der Waals surface area contributed by atoms with Crippen LogP contribution in [0.4, 0.5) is 5.00 Å². The van der Waals surface area contributed by atoms with Gasteiger partial charge in [-0.05, 0) is 36.6 Å². The molecule has 1 amide bonds. The third-order valence-electron chi connectivity index (χ3n) is 4.45. The highest BCUT2D eigenvalue weighted by atomic mass is 32.1. The lowest BCUT2D eigenvalue weighted by atomic mass is 10.0. The summed E-state index contributed by atoms with van der Waals surface area (Å²) >= 11 is 0.921. The average molecular weight is 360 g/mol. The molecule has 2 aliphatic heterocycles. The van der Waals surface area contributed by atoms with Gasteiger partial charge in [0.2, 0.25) is 0 Å². The molecule has 1 saturated heterocycles. The fourth-order valence-corrected chi connectivity index (χ4v) is 4.08. The first-order chi connectivity index (χ1) is 12.1. The van der Waals surface area contributed by atoms with E-state index in [4.69, 9.17) is 9.47 Å². The third kappa shape index (κ3) is 2.93. The van der Waals surface area contributed by atoms with E-state index in [1.807, 2.05) is 18.2 Å². The molecule has 0 spiro atoms. The number of hydrogen-bond acceptors (Lipinski definition) is 6. The number of ether oxygens (including phenoxy) is 2. The Hall–Kier alpha value is -2.61. The van der Waals surface area contributed by atoms with E-state index < -0.39 is 4.92 Å². The highest BCUT2D eigenvalue weighted by molar-refractivity contribution is 7.17. The summed E-state index contributed by atoms with van der Waals surface area (Å²) in [6.45, 7) is 1.70. The molecule has 1 aromatic carbocycles. The Kier molecular flexibility index (Phi) is 4.04. The molecule has 0 aliphatic carbocycles. The maximum Gasteiger partial charge on any atom is 0.324 e. The number of benzene rings is 1. The van der Waals surface area contributed by atoms with Crippen LogP contribution < -0.4 is 9.47 Å². The van der Waals surface area contributed by atoms with Crippen LogP contribution in [0.15, 0.2) is 30.3 Å². The van der Waals surface area contributed by atoms with Crippen molar-refractivity contribution in [3.05, 3.63) is 50.9 Å². The van der Waals surface area contributed by atoms with E-state index in [0.717, 1.165) is 35.5 Å². The highest BCUT2D eigenvalue weighted by Crippen LogP contribution is 2.39. The first-order valence-electron chi connectivity index (χ1n) is 8.08. The Morgan fingerprint density at radius 2 is 2.00 bits per heavy atom. The van der Waals surface area contributed by atoms with E-state index >= 15 is 0 Å². The zero-order valence-electron chi connectivity index (χ0n) is 13.3. The normalized spacial score (nSPS) is 19.0. The minimum absolute atomic E-state index is 0.0153. The van der Waals surface area contributed by atoms with Crippen LogP contribution in [-0.4, -0.2) is 35.5 Å². The van der Waals surface area contributed by atoms with Crippen molar-refractivity contribution in [2.24, 2.45) is 0 Å². The molecule has 0 bridgehead atoms. The number of carbonyl (C=O) groups is 1. The summed E-state index contributed by atoms with van der Waals surface area (Å²) in [5.74, 6) is 1.27. The highest BCUT2D eigenvalue weighted by Gasteiger charge is 2.32. The molecule has 1 fully saturated rings. The minimum atomic E-state index is -0.469. The fraction of sp³-hybridized carbons (Fsp3) is 0.353. The van der Waals surface area contributed by atoms with Gasteiger partial charge in [-0.3, -0.25) is 14.9 Å². The summed E-state index contributed by atoms with van der Waals surface area (Å²) in [5, 5.41) is 10.8. The summed E-state index contributed by atoms with van der Waals surface area (Å²) < 4.78 is 11.2. The maximum atomic E-state index is 12.8. The Labute approximate surface area is 147 Å². The van der Waals surface area contributed by atoms with Crippen molar-refractivity contribution >= 4 is 22.2 Å². The summed E-state index contributed by atoms with van der Waals surface area (Å²) in [6, 6.07) is 8.63. The quantitative estimate of drug-likeness (QED) is 0.619. The summed E-state index contributed by atoms with van der Waals surface area (Å²) in [6.07, 6.45) is 1.76. The number of carbonyl (C=O) groups excluding carboxylic acids is 1. The lowest BCUT2D eigenvalue weighted by Crippen LogP contribution is -2.30. The molecule has 0 radical (unpaired) electrons. The Morgan fingerprint density at radius 1 is 1.20 bits per heavy atom. The van der Waals surface area contributed by atoms with Gasteiger partial charge in [0.1, 0.15) is 13.2 Å². The summed E-state index contributed by atoms with van der Waals surface area (Å²) in [5.41, 5.74) is 1.00. The predicted octanol–water partition coefficient (Wildman–Crippen LogP) is 3.40. The number of hydrogen-bond donors (Lipinski definition) is 0. The standard InChI is InChI=1S/C17H16N2O5S/c20-17(15-5-6-16(25-15)19(21)22)18-7-1-2-12(18)11-3-4-13-14(10-11)24-9-8-23-13/h3-6,10,12H,1-2,7-9H2. The number of thiophene rings is 1. The molecular weight excluding hydrogens is 344 g/mol. The van der Waals surface area contributed by atoms with Gasteiger partial charge in [0.05, 0.1) is 15.8 Å². The summed E-state index contributed by atoms with van der Waals surface area (Å²) in [7, 11) is 0. The molecule has 0 N–H and O–H groups in total. The lowest BCUT2D eigenvalue weighted by molar-refractivity contribution is -0.380. The first kappa shape index (κ1) is 15.9. The van der Waals surface area contributed by atoms with Gasteiger partial charge < -0.3 is 14.4 Å². The van der Waals surface area contributed by atoms with Crippen molar-refractivity contribution in [2.75, 3.05) is 19.8 Å². The zero-order valence-corrected chi connectivity index (χ0v) is 14.2. The topological polar surface area (TPSA) is 81.9 Å². The van der Waals surface area contributed by atoms with Crippen LogP contribution in [0, 0.1) is 10.1 Å². The van der Waals surface area contributed by atoms with Crippen LogP contribution in [0.3, 0.4) is 0 Å². The van der Waals surface area contributed by atoms with E-state index in [-0.39, 0.29) is 17.0 Å². The number of amides is 1. The fourth-order valence-electron chi connectivity index (χ4n) is 3.31. The average Bonchev–Trinajstić information content (AvgIpc) is 3.30. The Balaban J connectivity index is 1.59. The monoisotopic (exact) mass is 360 g/mol.